The van der Waals surface area contributed by atoms with Gasteiger partial charge in [0, 0.05) is 22.7 Å². The minimum atomic E-state index is -0.988. The van der Waals surface area contributed by atoms with E-state index >= 15 is 0 Å². The minimum Gasteiger partial charge on any atom is -0.506 e. The van der Waals surface area contributed by atoms with E-state index in [0.717, 1.165) is 6.07 Å². The van der Waals surface area contributed by atoms with Crippen LogP contribution in [0.1, 0.15) is 10.4 Å². The molecule has 100 valence electrons. The summed E-state index contributed by atoms with van der Waals surface area (Å²) in [5, 5.41) is 10.1. The molecule has 0 aliphatic carbocycles. The molecule has 0 amide bonds. The molecule has 3 rings (SSSR count). The van der Waals surface area contributed by atoms with Crippen molar-refractivity contribution in [3.8, 4) is 16.9 Å². The number of halogens is 2. The molecule has 0 spiro atoms. The highest BCUT2D eigenvalue weighted by Crippen LogP contribution is 2.36. The topological polar surface area (TPSA) is 53.1 Å². The van der Waals surface area contributed by atoms with Crippen molar-refractivity contribution in [3.05, 3.63) is 53.7 Å². The van der Waals surface area contributed by atoms with Gasteiger partial charge in [0.15, 0.2) is 17.9 Å². The number of hydrogen-bond acceptors (Lipinski definition) is 2. The molecule has 0 aliphatic rings. The van der Waals surface area contributed by atoms with E-state index in [0.29, 0.717) is 22.8 Å². The Bertz CT molecular complexity index is 824. The number of nitrogens with one attached hydrogen (secondary N) is 1. The van der Waals surface area contributed by atoms with Gasteiger partial charge in [-0.05, 0) is 23.8 Å². The Morgan fingerprint density at radius 3 is 2.65 bits per heavy atom. The van der Waals surface area contributed by atoms with E-state index in [-0.39, 0.29) is 16.9 Å². The fraction of sp³-hybridized carbons (Fsp3) is 0. The van der Waals surface area contributed by atoms with Crippen LogP contribution in [-0.2, 0) is 0 Å². The largest absolute Gasteiger partial charge is 0.506 e. The molecule has 1 heterocycles. The van der Waals surface area contributed by atoms with Crippen LogP contribution >= 0.6 is 0 Å². The maximum Gasteiger partial charge on any atom is 0.166 e. The zero-order chi connectivity index (χ0) is 14.3. The minimum absolute atomic E-state index is 0.0395. The monoisotopic (exact) mass is 273 g/mol. The third kappa shape index (κ3) is 1.67. The van der Waals surface area contributed by atoms with E-state index in [9.17, 15) is 18.7 Å². The highest BCUT2D eigenvalue weighted by molar-refractivity contribution is 6.07. The van der Waals surface area contributed by atoms with E-state index in [1.165, 1.54) is 30.5 Å². The number of carbonyl (C=O) groups is 1. The Balaban J connectivity index is 2.42. The van der Waals surface area contributed by atoms with Crippen LogP contribution in [0.2, 0.25) is 0 Å². The summed E-state index contributed by atoms with van der Waals surface area (Å²) in [6.45, 7) is 0. The average Bonchev–Trinajstić information content (AvgIpc) is 2.88. The van der Waals surface area contributed by atoms with Crippen LogP contribution in [0.15, 0.2) is 36.5 Å². The van der Waals surface area contributed by atoms with Crippen LogP contribution < -0.4 is 0 Å². The Morgan fingerprint density at radius 2 is 1.90 bits per heavy atom. The lowest BCUT2D eigenvalue weighted by Gasteiger charge is -2.07. The molecule has 3 nitrogen and oxygen atoms in total. The quantitative estimate of drug-likeness (QED) is 0.700. The Morgan fingerprint density at radius 1 is 1.10 bits per heavy atom. The number of aromatic amines is 1. The van der Waals surface area contributed by atoms with Crippen molar-refractivity contribution in [2.24, 2.45) is 0 Å². The fourth-order valence-corrected chi connectivity index (χ4v) is 2.29. The number of aromatic hydroxyl groups is 1. The van der Waals surface area contributed by atoms with Gasteiger partial charge in [-0.25, -0.2) is 8.78 Å². The van der Waals surface area contributed by atoms with E-state index in [1.807, 2.05) is 0 Å². The first-order valence-corrected chi connectivity index (χ1v) is 5.86. The average molecular weight is 273 g/mol. The molecule has 0 saturated heterocycles. The molecule has 0 fully saturated rings. The van der Waals surface area contributed by atoms with Crippen molar-refractivity contribution < 1.29 is 18.7 Å². The predicted octanol–water partition coefficient (Wildman–Crippen LogP) is 3.63. The third-order valence-corrected chi connectivity index (χ3v) is 3.21. The smallest absolute Gasteiger partial charge is 0.166 e. The highest BCUT2D eigenvalue weighted by Gasteiger charge is 2.17. The number of fused-ring (bicyclic) bond motifs is 1. The highest BCUT2D eigenvalue weighted by atomic mass is 19.2. The van der Waals surface area contributed by atoms with Gasteiger partial charge in [0.25, 0.3) is 0 Å². The number of aromatic nitrogens is 1. The molecule has 2 aromatic carbocycles. The zero-order valence-electron chi connectivity index (χ0n) is 10.2. The van der Waals surface area contributed by atoms with Crippen molar-refractivity contribution >= 4 is 17.2 Å². The molecule has 20 heavy (non-hydrogen) atoms. The molecule has 0 bridgehead atoms. The standard InChI is InChI=1S/C15H9F2NO2/c16-11-3-1-2-10(14(11)17)9-4-5-12(20)15-13(9)8(7-19)6-18-15/h1-7,18,20H. The summed E-state index contributed by atoms with van der Waals surface area (Å²) in [5.74, 6) is -2.02. The fourth-order valence-electron chi connectivity index (χ4n) is 2.29. The number of aldehydes is 1. The summed E-state index contributed by atoms with van der Waals surface area (Å²) in [4.78, 5) is 13.8. The Hall–Kier alpha value is -2.69. The molecular formula is C15H9F2NO2. The molecular weight excluding hydrogens is 264 g/mol. The van der Waals surface area contributed by atoms with Gasteiger partial charge >= 0.3 is 0 Å². The first-order chi connectivity index (χ1) is 9.63. The van der Waals surface area contributed by atoms with Gasteiger partial charge in [-0.1, -0.05) is 12.1 Å². The van der Waals surface area contributed by atoms with Crippen molar-refractivity contribution in [2.45, 2.75) is 0 Å². The van der Waals surface area contributed by atoms with Crippen LogP contribution in [-0.4, -0.2) is 16.4 Å². The summed E-state index contributed by atoms with van der Waals surface area (Å²) < 4.78 is 27.3. The molecule has 5 heteroatoms. The Labute approximate surface area is 112 Å². The first kappa shape index (κ1) is 12.3. The summed E-state index contributed by atoms with van der Waals surface area (Å²) in [7, 11) is 0. The van der Waals surface area contributed by atoms with E-state index in [4.69, 9.17) is 0 Å². The SMILES string of the molecule is O=Cc1c[nH]c2c(O)ccc(-c3cccc(F)c3F)c12. The molecule has 3 aromatic rings. The second kappa shape index (κ2) is 4.45. The molecule has 0 aliphatic heterocycles. The number of H-pyrrole nitrogens is 1. The van der Waals surface area contributed by atoms with Gasteiger partial charge in [0.2, 0.25) is 0 Å². The predicted molar refractivity (Wildman–Crippen MR) is 70.7 cm³/mol. The van der Waals surface area contributed by atoms with Crippen molar-refractivity contribution in [1.29, 1.82) is 0 Å². The van der Waals surface area contributed by atoms with Gasteiger partial charge in [0.1, 0.15) is 5.75 Å². The number of phenols is 1. The number of rotatable bonds is 2. The lowest BCUT2D eigenvalue weighted by atomic mass is 9.98. The second-order valence-electron chi connectivity index (χ2n) is 4.35. The van der Waals surface area contributed by atoms with Crippen molar-refractivity contribution in [1.82, 2.24) is 4.98 Å². The van der Waals surface area contributed by atoms with Gasteiger partial charge in [-0.3, -0.25) is 4.79 Å². The van der Waals surface area contributed by atoms with Gasteiger partial charge in [0.05, 0.1) is 5.52 Å². The lowest BCUT2D eigenvalue weighted by molar-refractivity contribution is 0.112. The number of hydrogen-bond donors (Lipinski definition) is 2. The molecule has 0 atom stereocenters. The molecule has 2 N–H and O–H groups in total. The second-order valence-corrected chi connectivity index (χ2v) is 4.35. The summed E-state index contributed by atoms with van der Waals surface area (Å²) in [6.07, 6.45) is 2.01. The molecule has 1 aromatic heterocycles. The van der Waals surface area contributed by atoms with E-state index in [1.54, 1.807) is 0 Å². The van der Waals surface area contributed by atoms with E-state index < -0.39 is 11.6 Å². The van der Waals surface area contributed by atoms with Crippen LogP contribution in [0.4, 0.5) is 8.78 Å². The summed E-state index contributed by atoms with van der Waals surface area (Å²) in [6, 6.07) is 6.66. The first-order valence-electron chi connectivity index (χ1n) is 5.86. The third-order valence-electron chi connectivity index (χ3n) is 3.21. The molecule has 0 unspecified atom stereocenters. The Kier molecular flexibility index (Phi) is 2.75. The van der Waals surface area contributed by atoms with Crippen LogP contribution in [0, 0.1) is 11.6 Å². The van der Waals surface area contributed by atoms with Crippen molar-refractivity contribution in [2.75, 3.05) is 0 Å². The number of carbonyl (C=O) groups excluding carboxylic acids is 1. The van der Waals surface area contributed by atoms with Gasteiger partial charge in [-0.2, -0.15) is 0 Å². The summed E-state index contributed by atoms with van der Waals surface area (Å²) in [5.41, 5.74) is 0.971. The molecule has 0 radical (unpaired) electrons. The lowest BCUT2D eigenvalue weighted by Crippen LogP contribution is -1.91. The van der Waals surface area contributed by atoms with Crippen LogP contribution in [0.5, 0.6) is 5.75 Å². The maximum absolute atomic E-state index is 13.9. The van der Waals surface area contributed by atoms with Crippen LogP contribution in [0.25, 0.3) is 22.0 Å². The van der Waals surface area contributed by atoms with Crippen molar-refractivity contribution in [3.63, 3.8) is 0 Å². The van der Waals surface area contributed by atoms with E-state index in [2.05, 4.69) is 4.98 Å². The molecule has 0 saturated carbocycles. The summed E-state index contributed by atoms with van der Waals surface area (Å²) >= 11 is 0. The van der Waals surface area contributed by atoms with Crippen LogP contribution in [0.3, 0.4) is 0 Å². The maximum atomic E-state index is 13.9. The zero-order valence-corrected chi connectivity index (χ0v) is 10.2. The number of benzene rings is 2. The van der Waals surface area contributed by atoms with Gasteiger partial charge in [-0.15, -0.1) is 0 Å². The number of phenolic OH excluding ortho intramolecular Hbond substituents is 1. The normalized spacial score (nSPS) is 10.9. The van der Waals surface area contributed by atoms with Gasteiger partial charge < -0.3 is 10.1 Å².